The Labute approximate surface area is 139 Å². The topological polar surface area (TPSA) is 41.1 Å². The van der Waals surface area contributed by atoms with Gasteiger partial charge in [-0.15, -0.1) is 0 Å². The zero-order chi connectivity index (χ0) is 17.0. The van der Waals surface area contributed by atoms with Gasteiger partial charge in [0.25, 0.3) is 0 Å². The van der Waals surface area contributed by atoms with Crippen LogP contribution in [0.1, 0.15) is 42.5 Å². The van der Waals surface area contributed by atoms with E-state index in [4.69, 9.17) is 0 Å². The van der Waals surface area contributed by atoms with Crippen molar-refractivity contribution in [3.8, 4) is 0 Å². The predicted molar refractivity (Wildman–Crippen MR) is 96.9 cm³/mol. The number of hydrogen-bond donors (Lipinski definition) is 2. The first kappa shape index (κ1) is 17.1. The lowest BCUT2D eigenvalue weighted by atomic mass is 9.89. The molecule has 0 aromatic heterocycles. The number of hydrogen-bond acceptors (Lipinski definition) is 1. The Morgan fingerprint density at radius 2 is 1.61 bits per heavy atom. The summed E-state index contributed by atoms with van der Waals surface area (Å²) in [5.74, 6) is 0. The van der Waals surface area contributed by atoms with E-state index in [2.05, 4.69) is 43.5 Å². The van der Waals surface area contributed by atoms with Crippen LogP contribution in [0.25, 0.3) is 0 Å². The zero-order valence-electron chi connectivity index (χ0n) is 14.7. The van der Waals surface area contributed by atoms with Gasteiger partial charge >= 0.3 is 6.03 Å². The van der Waals surface area contributed by atoms with Gasteiger partial charge in [-0.25, -0.2) is 4.79 Å². The van der Waals surface area contributed by atoms with E-state index < -0.39 is 5.54 Å². The second-order valence-corrected chi connectivity index (χ2v) is 6.40. The molecule has 0 aliphatic carbocycles. The first-order valence-electron chi connectivity index (χ1n) is 8.08. The Morgan fingerprint density at radius 3 is 2.13 bits per heavy atom. The first-order chi connectivity index (χ1) is 10.9. The molecule has 122 valence electrons. The normalized spacial score (nSPS) is 13.3. The molecular weight excluding hydrogens is 284 g/mol. The van der Waals surface area contributed by atoms with Gasteiger partial charge in [-0.05, 0) is 50.8 Å². The molecule has 2 amide bonds. The van der Waals surface area contributed by atoms with Crippen molar-refractivity contribution in [1.82, 2.24) is 5.32 Å². The maximum absolute atomic E-state index is 12.5. The molecule has 23 heavy (non-hydrogen) atoms. The second kappa shape index (κ2) is 6.86. The molecule has 0 aliphatic rings. The zero-order valence-corrected chi connectivity index (χ0v) is 14.7. The van der Waals surface area contributed by atoms with E-state index >= 15 is 0 Å². The Morgan fingerprint density at radius 1 is 1.04 bits per heavy atom. The number of carbonyl (C=O) groups excluding carboxylic acids is 1. The number of aryl methyl sites for hydroxylation is 3. The van der Waals surface area contributed by atoms with Crippen LogP contribution in [0.15, 0.2) is 42.5 Å². The third-order valence-electron chi connectivity index (χ3n) is 4.42. The second-order valence-electron chi connectivity index (χ2n) is 6.40. The number of carbonyl (C=O) groups is 1. The van der Waals surface area contributed by atoms with Crippen LogP contribution in [0.5, 0.6) is 0 Å². The molecule has 0 heterocycles. The van der Waals surface area contributed by atoms with Crippen molar-refractivity contribution in [2.75, 3.05) is 5.32 Å². The standard InChI is InChI=1S/C20H26N2O/c1-6-20(5,17-10-8-7-9-11-17)22-19(23)21-18-15(3)12-14(2)13-16(18)4/h7-13H,6H2,1-5H3,(H2,21,22,23). The highest BCUT2D eigenvalue weighted by Crippen LogP contribution is 2.25. The van der Waals surface area contributed by atoms with Crippen molar-refractivity contribution in [1.29, 1.82) is 0 Å². The minimum absolute atomic E-state index is 0.173. The molecule has 1 unspecified atom stereocenters. The Hall–Kier alpha value is -2.29. The van der Waals surface area contributed by atoms with Gasteiger partial charge in [0.1, 0.15) is 0 Å². The van der Waals surface area contributed by atoms with Crippen LogP contribution < -0.4 is 10.6 Å². The molecule has 3 heteroatoms. The van der Waals surface area contributed by atoms with Gasteiger partial charge < -0.3 is 10.6 Å². The molecule has 2 aromatic carbocycles. The van der Waals surface area contributed by atoms with E-state index in [1.165, 1.54) is 5.56 Å². The van der Waals surface area contributed by atoms with E-state index in [0.717, 1.165) is 28.8 Å². The fourth-order valence-electron chi connectivity index (χ4n) is 2.94. The van der Waals surface area contributed by atoms with Crippen LogP contribution in [0.3, 0.4) is 0 Å². The quantitative estimate of drug-likeness (QED) is 0.814. The van der Waals surface area contributed by atoms with Gasteiger partial charge in [-0.3, -0.25) is 0 Å². The van der Waals surface area contributed by atoms with E-state index in [9.17, 15) is 4.79 Å². The van der Waals surface area contributed by atoms with E-state index in [0.29, 0.717) is 0 Å². The number of urea groups is 1. The molecular formula is C20H26N2O. The molecule has 0 bridgehead atoms. The summed E-state index contributed by atoms with van der Waals surface area (Å²) in [4.78, 5) is 12.5. The fraction of sp³-hybridized carbons (Fsp3) is 0.350. The molecule has 0 spiro atoms. The van der Waals surface area contributed by atoms with E-state index in [-0.39, 0.29) is 6.03 Å². The lowest BCUT2D eigenvalue weighted by Crippen LogP contribution is -2.45. The van der Waals surface area contributed by atoms with Crippen molar-refractivity contribution in [3.05, 3.63) is 64.7 Å². The monoisotopic (exact) mass is 310 g/mol. The number of nitrogens with one attached hydrogen (secondary N) is 2. The van der Waals surface area contributed by atoms with Crippen LogP contribution in [-0.2, 0) is 5.54 Å². The summed E-state index contributed by atoms with van der Waals surface area (Å²) in [6.07, 6.45) is 0.816. The van der Waals surface area contributed by atoms with Gasteiger partial charge in [0.15, 0.2) is 0 Å². The Balaban J connectivity index is 2.19. The van der Waals surface area contributed by atoms with Crippen LogP contribution in [0.2, 0.25) is 0 Å². The fourth-order valence-corrected chi connectivity index (χ4v) is 2.94. The summed E-state index contributed by atoms with van der Waals surface area (Å²) in [5, 5.41) is 6.14. The van der Waals surface area contributed by atoms with E-state index in [1.807, 2.05) is 44.2 Å². The number of amides is 2. The Bertz CT molecular complexity index is 671. The number of anilines is 1. The van der Waals surface area contributed by atoms with Crippen LogP contribution in [0.4, 0.5) is 10.5 Å². The van der Waals surface area contributed by atoms with Crippen molar-refractivity contribution in [3.63, 3.8) is 0 Å². The minimum Gasteiger partial charge on any atom is -0.329 e. The SMILES string of the molecule is CCC(C)(NC(=O)Nc1c(C)cc(C)cc1C)c1ccccc1. The molecule has 0 aliphatic heterocycles. The number of rotatable bonds is 4. The summed E-state index contributed by atoms with van der Waals surface area (Å²) < 4.78 is 0. The molecule has 2 N–H and O–H groups in total. The molecule has 1 atom stereocenters. The smallest absolute Gasteiger partial charge is 0.319 e. The molecule has 0 saturated heterocycles. The summed E-state index contributed by atoms with van der Waals surface area (Å²) in [6.45, 7) is 10.2. The van der Waals surface area contributed by atoms with Crippen molar-refractivity contribution in [2.24, 2.45) is 0 Å². The maximum Gasteiger partial charge on any atom is 0.319 e. The van der Waals surface area contributed by atoms with Gasteiger partial charge in [-0.2, -0.15) is 0 Å². The predicted octanol–water partition coefficient (Wildman–Crippen LogP) is 5.06. The summed E-state index contributed by atoms with van der Waals surface area (Å²) >= 11 is 0. The van der Waals surface area contributed by atoms with Gasteiger partial charge in [0.05, 0.1) is 5.54 Å². The molecule has 2 aromatic rings. The average molecular weight is 310 g/mol. The van der Waals surface area contributed by atoms with Crippen molar-refractivity contribution < 1.29 is 4.79 Å². The first-order valence-corrected chi connectivity index (χ1v) is 8.08. The molecule has 2 rings (SSSR count). The molecule has 3 nitrogen and oxygen atoms in total. The molecule has 0 saturated carbocycles. The minimum atomic E-state index is -0.391. The average Bonchev–Trinajstić information content (AvgIpc) is 2.51. The lowest BCUT2D eigenvalue weighted by Gasteiger charge is -2.30. The highest BCUT2D eigenvalue weighted by molar-refractivity contribution is 5.91. The van der Waals surface area contributed by atoms with Crippen molar-refractivity contribution in [2.45, 2.75) is 46.6 Å². The lowest BCUT2D eigenvalue weighted by molar-refractivity contribution is 0.238. The van der Waals surface area contributed by atoms with Crippen LogP contribution >= 0.6 is 0 Å². The highest BCUT2D eigenvalue weighted by atomic mass is 16.2. The van der Waals surface area contributed by atoms with Crippen molar-refractivity contribution >= 4 is 11.7 Å². The highest BCUT2D eigenvalue weighted by Gasteiger charge is 2.26. The maximum atomic E-state index is 12.5. The van der Waals surface area contributed by atoms with Crippen LogP contribution in [0, 0.1) is 20.8 Å². The largest absolute Gasteiger partial charge is 0.329 e. The Kier molecular flexibility index (Phi) is 5.09. The number of benzene rings is 2. The van der Waals surface area contributed by atoms with E-state index in [1.54, 1.807) is 0 Å². The van der Waals surface area contributed by atoms with Gasteiger partial charge in [-0.1, -0.05) is 55.0 Å². The third-order valence-corrected chi connectivity index (χ3v) is 4.42. The molecule has 0 radical (unpaired) electrons. The molecule has 0 fully saturated rings. The summed E-state index contributed by atoms with van der Waals surface area (Å²) in [7, 11) is 0. The van der Waals surface area contributed by atoms with Gasteiger partial charge in [0.2, 0.25) is 0 Å². The van der Waals surface area contributed by atoms with Crippen LogP contribution in [-0.4, -0.2) is 6.03 Å². The third kappa shape index (κ3) is 3.92. The van der Waals surface area contributed by atoms with Gasteiger partial charge in [0, 0.05) is 5.69 Å². The summed E-state index contributed by atoms with van der Waals surface area (Å²) in [5.41, 5.74) is 4.96. The summed E-state index contributed by atoms with van der Waals surface area (Å²) in [6, 6.07) is 14.1.